The predicted octanol–water partition coefficient (Wildman–Crippen LogP) is 0.816. The Morgan fingerprint density at radius 3 is 2.56 bits per heavy atom. The van der Waals surface area contributed by atoms with Crippen LogP contribution >= 0.6 is 11.8 Å². The molecule has 1 aromatic rings. The van der Waals surface area contributed by atoms with Crippen LogP contribution in [0.1, 0.15) is 0 Å². The molecule has 1 aliphatic heterocycles. The third kappa shape index (κ3) is 3.73. The number of hydrogen-bond donors (Lipinski definition) is 0. The topological polar surface area (TPSA) is 32.3 Å². The molecule has 5 heteroatoms. The smallest absolute Gasteiger partial charge is 0.187 e. The van der Waals surface area contributed by atoms with Crippen LogP contribution in [-0.4, -0.2) is 65.3 Å². The fourth-order valence-electron chi connectivity index (χ4n) is 1.70. The standard InChI is InChI=1S/C11H18N4S/c1-14-5-7-15(8-6-14)9-10-16-11-12-3-2-4-13-11/h2-4H,5-10H2,1H3. The number of piperazine rings is 1. The van der Waals surface area contributed by atoms with E-state index in [1.807, 2.05) is 6.07 Å². The Balaban J connectivity index is 1.65. The average Bonchev–Trinajstić information content (AvgIpc) is 2.33. The van der Waals surface area contributed by atoms with Gasteiger partial charge in [-0.25, -0.2) is 9.97 Å². The normalized spacial score (nSPS) is 18.8. The van der Waals surface area contributed by atoms with Crippen molar-refractivity contribution in [1.29, 1.82) is 0 Å². The molecule has 4 nitrogen and oxygen atoms in total. The maximum atomic E-state index is 4.20. The van der Waals surface area contributed by atoms with Gasteiger partial charge in [-0.05, 0) is 13.1 Å². The van der Waals surface area contributed by atoms with Crippen LogP contribution in [-0.2, 0) is 0 Å². The maximum Gasteiger partial charge on any atom is 0.187 e. The Morgan fingerprint density at radius 1 is 1.19 bits per heavy atom. The lowest BCUT2D eigenvalue weighted by atomic mass is 10.3. The number of thioether (sulfide) groups is 1. The van der Waals surface area contributed by atoms with Crippen molar-refractivity contribution in [3.05, 3.63) is 18.5 Å². The van der Waals surface area contributed by atoms with E-state index >= 15 is 0 Å². The minimum absolute atomic E-state index is 0.886. The highest BCUT2D eigenvalue weighted by Crippen LogP contribution is 2.11. The molecule has 88 valence electrons. The number of likely N-dealkylation sites (N-methyl/N-ethyl adjacent to an activating group) is 1. The molecule has 2 rings (SSSR count). The first-order valence-corrected chi connectivity index (χ1v) is 6.64. The molecule has 1 fully saturated rings. The zero-order valence-electron chi connectivity index (χ0n) is 9.67. The predicted molar refractivity (Wildman–Crippen MR) is 66.7 cm³/mol. The van der Waals surface area contributed by atoms with Gasteiger partial charge < -0.3 is 4.90 Å². The van der Waals surface area contributed by atoms with Gasteiger partial charge in [0.15, 0.2) is 5.16 Å². The lowest BCUT2D eigenvalue weighted by molar-refractivity contribution is 0.161. The van der Waals surface area contributed by atoms with Crippen LogP contribution in [0, 0.1) is 0 Å². The number of rotatable bonds is 4. The summed E-state index contributed by atoms with van der Waals surface area (Å²) in [5.74, 6) is 1.08. The van der Waals surface area contributed by atoms with Crippen molar-refractivity contribution in [2.75, 3.05) is 45.5 Å². The quantitative estimate of drug-likeness (QED) is 0.573. The first-order valence-electron chi connectivity index (χ1n) is 5.65. The second-order valence-corrected chi connectivity index (χ2v) is 5.09. The molecule has 16 heavy (non-hydrogen) atoms. The van der Waals surface area contributed by atoms with E-state index < -0.39 is 0 Å². The van der Waals surface area contributed by atoms with Gasteiger partial charge in [-0.2, -0.15) is 0 Å². The monoisotopic (exact) mass is 238 g/mol. The van der Waals surface area contributed by atoms with E-state index in [2.05, 4.69) is 26.8 Å². The van der Waals surface area contributed by atoms with Gasteiger partial charge in [0, 0.05) is 50.9 Å². The molecule has 0 amide bonds. The summed E-state index contributed by atoms with van der Waals surface area (Å²) in [6, 6.07) is 1.85. The molecule has 0 aromatic carbocycles. The SMILES string of the molecule is CN1CCN(CCSc2ncccn2)CC1. The van der Waals surface area contributed by atoms with E-state index in [-0.39, 0.29) is 0 Å². The molecule has 0 atom stereocenters. The number of nitrogens with zero attached hydrogens (tertiary/aromatic N) is 4. The molecule has 0 spiro atoms. The summed E-state index contributed by atoms with van der Waals surface area (Å²) in [4.78, 5) is 13.3. The molecule has 0 radical (unpaired) electrons. The second-order valence-electron chi connectivity index (χ2n) is 4.02. The van der Waals surface area contributed by atoms with E-state index in [0.717, 1.165) is 17.5 Å². The van der Waals surface area contributed by atoms with Gasteiger partial charge in [0.05, 0.1) is 0 Å². The molecule has 1 aromatic heterocycles. The van der Waals surface area contributed by atoms with Crippen molar-refractivity contribution < 1.29 is 0 Å². The molecule has 0 aliphatic carbocycles. The summed E-state index contributed by atoms with van der Waals surface area (Å²) >= 11 is 1.74. The van der Waals surface area contributed by atoms with Crippen molar-refractivity contribution in [2.45, 2.75) is 5.16 Å². The van der Waals surface area contributed by atoms with Gasteiger partial charge in [-0.3, -0.25) is 4.90 Å². The summed E-state index contributed by atoms with van der Waals surface area (Å²) in [7, 11) is 2.18. The molecule has 0 unspecified atom stereocenters. The van der Waals surface area contributed by atoms with Crippen LogP contribution < -0.4 is 0 Å². The van der Waals surface area contributed by atoms with Gasteiger partial charge in [0.25, 0.3) is 0 Å². The van der Waals surface area contributed by atoms with Crippen molar-refractivity contribution in [1.82, 2.24) is 19.8 Å². The highest BCUT2D eigenvalue weighted by molar-refractivity contribution is 7.99. The van der Waals surface area contributed by atoms with Gasteiger partial charge in [-0.15, -0.1) is 0 Å². The summed E-state index contributed by atoms with van der Waals surface area (Å²) in [6.07, 6.45) is 3.59. The van der Waals surface area contributed by atoms with E-state index in [0.29, 0.717) is 0 Å². The van der Waals surface area contributed by atoms with E-state index in [4.69, 9.17) is 0 Å². The number of aromatic nitrogens is 2. The lowest BCUT2D eigenvalue weighted by Gasteiger charge is -2.32. The molecule has 2 heterocycles. The third-order valence-corrected chi connectivity index (χ3v) is 3.63. The molecular formula is C11H18N4S. The zero-order valence-corrected chi connectivity index (χ0v) is 10.5. The average molecular weight is 238 g/mol. The van der Waals surface area contributed by atoms with Gasteiger partial charge >= 0.3 is 0 Å². The Bertz CT molecular complexity index is 298. The number of hydrogen-bond acceptors (Lipinski definition) is 5. The van der Waals surface area contributed by atoms with Gasteiger partial charge in [0.1, 0.15) is 0 Å². The highest BCUT2D eigenvalue weighted by atomic mass is 32.2. The molecular weight excluding hydrogens is 220 g/mol. The highest BCUT2D eigenvalue weighted by Gasteiger charge is 2.12. The van der Waals surface area contributed by atoms with Crippen LogP contribution in [0.4, 0.5) is 0 Å². The molecule has 1 saturated heterocycles. The molecule has 1 aliphatic rings. The molecule has 0 N–H and O–H groups in total. The van der Waals surface area contributed by atoms with Crippen molar-refractivity contribution in [2.24, 2.45) is 0 Å². The second kappa shape index (κ2) is 6.18. The summed E-state index contributed by atoms with van der Waals surface area (Å²) < 4.78 is 0. The van der Waals surface area contributed by atoms with Crippen LogP contribution in [0.15, 0.2) is 23.6 Å². The minimum atomic E-state index is 0.886. The van der Waals surface area contributed by atoms with E-state index in [9.17, 15) is 0 Å². The van der Waals surface area contributed by atoms with Crippen LogP contribution in [0.25, 0.3) is 0 Å². The molecule has 0 bridgehead atoms. The first kappa shape index (κ1) is 11.8. The van der Waals surface area contributed by atoms with Crippen LogP contribution in [0.3, 0.4) is 0 Å². The largest absolute Gasteiger partial charge is 0.304 e. The van der Waals surface area contributed by atoms with Crippen molar-refractivity contribution in [3.8, 4) is 0 Å². The van der Waals surface area contributed by atoms with Crippen molar-refractivity contribution >= 4 is 11.8 Å². The van der Waals surface area contributed by atoms with Crippen LogP contribution in [0.5, 0.6) is 0 Å². The minimum Gasteiger partial charge on any atom is -0.304 e. The first-order chi connectivity index (χ1) is 7.84. The van der Waals surface area contributed by atoms with Gasteiger partial charge in [-0.1, -0.05) is 11.8 Å². The van der Waals surface area contributed by atoms with Gasteiger partial charge in [0.2, 0.25) is 0 Å². The van der Waals surface area contributed by atoms with E-state index in [1.54, 1.807) is 24.2 Å². The Morgan fingerprint density at radius 2 is 1.88 bits per heavy atom. The fraction of sp³-hybridized carbons (Fsp3) is 0.636. The van der Waals surface area contributed by atoms with Crippen molar-refractivity contribution in [3.63, 3.8) is 0 Å². The Hall–Kier alpha value is -0.650. The molecule has 0 saturated carbocycles. The fourth-order valence-corrected chi connectivity index (χ4v) is 2.50. The summed E-state index contributed by atoms with van der Waals surface area (Å²) in [6.45, 7) is 5.88. The maximum absolute atomic E-state index is 4.20. The Labute approximate surface area is 101 Å². The Kier molecular flexibility index (Phi) is 4.56. The summed E-state index contributed by atoms with van der Waals surface area (Å²) in [5.41, 5.74) is 0. The summed E-state index contributed by atoms with van der Waals surface area (Å²) in [5, 5.41) is 0.886. The lowest BCUT2D eigenvalue weighted by Crippen LogP contribution is -2.45. The van der Waals surface area contributed by atoms with E-state index in [1.165, 1.54) is 26.2 Å². The zero-order chi connectivity index (χ0) is 11.2. The third-order valence-electron chi connectivity index (χ3n) is 2.78. The van der Waals surface area contributed by atoms with Crippen LogP contribution in [0.2, 0.25) is 0 Å².